The van der Waals surface area contributed by atoms with Gasteiger partial charge >= 0.3 is 0 Å². The highest BCUT2D eigenvalue weighted by Crippen LogP contribution is 2.11. The van der Waals surface area contributed by atoms with E-state index >= 15 is 0 Å². The highest BCUT2D eigenvalue weighted by atomic mass is 79.9. The van der Waals surface area contributed by atoms with Gasteiger partial charge in [-0.15, -0.1) is 0 Å². The molecule has 1 atom stereocenters. The van der Waals surface area contributed by atoms with E-state index in [9.17, 15) is 4.79 Å². The van der Waals surface area contributed by atoms with Crippen molar-refractivity contribution in [3.8, 4) is 0 Å². The lowest BCUT2D eigenvalue weighted by molar-refractivity contribution is 0.0935. The molecule has 1 amide bonds. The van der Waals surface area contributed by atoms with Gasteiger partial charge in [0, 0.05) is 29.3 Å². The maximum absolute atomic E-state index is 12.2. The van der Waals surface area contributed by atoms with Crippen molar-refractivity contribution in [2.75, 3.05) is 5.33 Å². The van der Waals surface area contributed by atoms with Gasteiger partial charge in [0.25, 0.3) is 5.91 Å². The van der Waals surface area contributed by atoms with Gasteiger partial charge in [0.05, 0.1) is 11.0 Å². The number of rotatable bonds is 5. The molecule has 19 heavy (non-hydrogen) atoms. The van der Waals surface area contributed by atoms with Gasteiger partial charge in [-0.3, -0.25) is 14.8 Å². The molecule has 2 aromatic rings. The Morgan fingerprint density at radius 1 is 1.32 bits per heavy atom. The maximum atomic E-state index is 12.2. The summed E-state index contributed by atoms with van der Waals surface area (Å²) >= 11 is 3.40. The van der Waals surface area contributed by atoms with Crippen LogP contribution in [0.3, 0.4) is 0 Å². The van der Waals surface area contributed by atoms with Gasteiger partial charge < -0.3 is 5.32 Å². The molecule has 0 saturated carbocycles. The second kappa shape index (κ2) is 6.61. The van der Waals surface area contributed by atoms with E-state index in [1.165, 1.54) is 0 Å². The van der Waals surface area contributed by atoms with Crippen molar-refractivity contribution >= 4 is 32.9 Å². The van der Waals surface area contributed by atoms with Crippen molar-refractivity contribution in [2.24, 2.45) is 0 Å². The molecule has 5 heteroatoms. The molecule has 1 aromatic heterocycles. The van der Waals surface area contributed by atoms with Gasteiger partial charge in [0.1, 0.15) is 0 Å². The number of carbonyl (C=O) groups is 1. The molecule has 0 aliphatic carbocycles. The Labute approximate surface area is 120 Å². The predicted molar refractivity (Wildman–Crippen MR) is 79.5 cm³/mol. The van der Waals surface area contributed by atoms with Crippen LogP contribution in [0.1, 0.15) is 30.1 Å². The molecule has 0 spiro atoms. The molecule has 1 heterocycles. The highest BCUT2D eigenvalue weighted by Gasteiger charge is 2.12. The molecule has 0 aliphatic heterocycles. The van der Waals surface area contributed by atoms with Gasteiger partial charge in [-0.05, 0) is 31.0 Å². The molecular formula is C14H16BrN3O. The summed E-state index contributed by atoms with van der Waals surface area (Å²) in [6.45, 7) is 2.07. The van der Waals surface area contributed by atoms with Gasteiger partial charge in [-0.2, -0.15) is 0 Å². The number of benzene rings is 1. The van der Waals surface area contributed by atoms with Gasteiger partial charge in [0.15, 0.2) is 0 Å². The Morgan fingerprint density at radius 2 is 2.05 bits per heavy atom. The van der Waals surface area contributed by atoms with Crippen LogP contribution >= 0.6 is 15.9 Å². The van der Waals surface area contributed by atoms with E-state index in [2.05, 4.69) is 38.1 Å². The molecule has 1 aromatic carbocycles. The predicted octanol–water partition coefficient (Wildman–Crippen LogP) is 2.92. The summed E-state index contributed by atoms with van der Waals surface area (Å²) in [4.78, 5) is 20.6. The third kappa shape index (κ3) is 3.50. The zero-order valence-corrected chi connectivity index (χ0v) is 12.4. The molecule has 2 rings (SSSR count). The van der Waals surface area contributed by atoms with E-state index in [-0.39, 0.29) is 11.9 Å². The lowest BCUT2D eigenvalue weighted by Crippen LogP contribution is -2.34. The largest absolute Gasteiger partial charge is 0.349 e. The number of halogens is 1. The first-order chi connectivity index (χ1) is 9.24. The fourth-order valence-electron chi connectivity index (χ4n) is 1.88. The Morgan fingerprint density at radius 3 is 2.74 bits per heavy atom. The quantitative estimate of drug-likeness (QED) is 0.861. The first-order valence-electron chi connectivity index (χ1n) is 6.32. The second-order valence-corrected chi connectivity index (χ2v) is 5.11. The molecule has 0 fully saturated rings. The number of carbonyl (C=O) groups excluding carboxylic acids is 1. The van der Waals surface area contributed by atoms with E-state index in [1.54, 1.807) is 24.5 Å². The number of nitrogens with one attached hydrogen (secondary N) is 1. The molecule has 0 bridgehead atoms. The smallest absolute Gasteiger partial charge is 0.251 e. The number of hydrogen-bond donors (Lipinski definition) is 1. The summed E-state index contributed by atoms with van der Waals surface area (Å²) in [5.74, 6) is -0.0552. The fourth-order valence-corrected chi connectivity index (χ4v) is 2.44. The van der Waals surface area contributed by atoms with Crippen LogP contribution in [-0.2, 0) is 0 Å². The maximum Gasteiger partial charge on any atom is 0.251 e. The van der Waals surface area contributed by atoms with E-state index in [4.69, 9.17) is 0 Å². The van der Waals surface area contributed by atoms with E-state index in [1.807, 2.05) is 6.07 Å². The second-order valence-electron chi connectivity index (χ2n) is 4.32. The molecule has 0 radical (unpaired) electrons. The number of nitrogens with zero attached hydrogens (tertiary/aromatic N) is 2. The number of alkyl halides is 1. The molecule has 100 valence electrons. The average molecular weight is 322 g/mol. The van der Waals surface area contributed by atoms with Crippen LogP contribution in [0.4, 0.5) is 0 Å². The van der Waals surface area contributed by atoms with Crippen molar-refractivity contribution in [2.45, 2.75) is 25.8 Å². The van der Waals surface area contributed by atoms with Crippen LogP contribution < -0.4 is 5.32 Å². The number of amides is 1. The Kier molecular flexibility index (Phi) is 4.85. The van der Waals surface area contributed by atoms with Crippen LogP contribution in [0.15, 0.2) is 30.6 Å². The standard InChI is InChI=1S/C14H16BrN3O/c1-2-11(5-6-15)18-14(19)10-3-4-12-13(9-10)17-8-7-16-12/h3-4,7-9,11H,2,5-6H2,1H3,(H,18,19). The van der Waals surface area contributed by atoms with E-state index < -0.39 is 0 Å². The normalized spacial score (nSPS) is 12.3. The summed E-state index contributed by atoms with van der Waals surface area (Å²) in [6.07, 6.45) is 5.12. The number of hydrogen-bond acceptors (Lipinski definition) is 3. The summed E-state index contributed by atoms with van der Waals surface area (Å²) in [5, 5.41) is 3.92. The SMILES string of the molecule is CCC(CCBr)NC(=O)c1ccc2nccnc2c1. The minimum atomic E-state index is -0.0552. The summed E-state index contributed by atoms with van der Waals surface area (Å²) < 4.78 is 0. The molecule has 0 aliphatic rings. The molecule has 0 saturated heterocycles. The van der Waals surface area contributed by atoms with Crippen molar-refractivity contribution in [1.29, 1.82) is 0 Å². The molecule has 4 nitrogen and oxygen atoms in total. The van der Waals surface area contributed by atoms with Gasteiger partial charge in [-0.25, -0.2) is 0 Å². The zero-order valence-electron chi connectivity index (χ0n) is 10.8. The third-order valence-electron chi connectivity index (χ3n) is 3.02. The zero-order chi connectivity index (χ0) is 13.7. The number of fused-ring (bicyclic) bond motifs is 1. The summed E-state index contributed by atoms with van der Waals surface area (Å²) in [5.41, 5.74) is 2.16. The number of aromatic nitrogens is 2. The Balaban J connectivity index is 2.16. The first kappa shape index (κ1) is 13.9. The lowest BCUT2D eigenvalue weighted by atomic mass is 10.1. The van der Waals surface area contributed by atoms with E-state index in [0.29, 0.717) is 5.56 Å². The van der Waals surface area contributed by atoms with Crippen LogP contribution in [0.2, 0.25) is 0 Å². The minimum Gasteiger partial charge on any atom is -0.349 e. The van der Waals surface area contributed by atoms with E-state index in [0.717, 1.165) is 29.2 Å². The molecule has 1 unspecified atom stereocenters. The molecular weight excluding hydrogens is 306 g/mol. The van der Waals surface area contributed by atoms with Gasteiger partial charge in [-0.1, -0.05) is 22.9 Å². The highest BCUT2D eigenvalue weighted by molar-refractivity contribution is 9.09. The topological polar surface area (TPSA) is 54.9 Å². The summed E-state index contributed by atoms with van der Waals surface area (Å²) in [6, 6.07) is 5.58. The van der Waals surface area contributed by atoms with Crippen molar-refractivity contribution < 1.29 is 4.79 Å². The lowest BCUT2D eigenvalue weighted by Gasteiger charge is -2.15. The Hall–Kier alpha value is -1.49. The first-order valence-corrected chi connectivity index (χ1v) is 7.44. The molecule has 1 N–H and O–H groups in total. The third-order valence-corrected chi connectivity index (χ3v) is 3.47. The minimum absolute atomic E-state index is 0.0552. The van der Waals surface area contributed by atoms with Crippen molar-refractivity contribution in [3.05, 3.63) is 36.2 Å². The van der Waals surface area contributed by atoms with Crippen molar-refractivity contribution in [1.82, 2.24) is 15.3 Å². The van der Waals surface area contributed by atoms with Crippen LogP contribution in [-0.4, -0.2) is 27.2 Å². The average Bonchev–Trinajstić information content (AvgIpc) is 2.46. The van der Waals surface area contributed by atoms with Crippen LogP contribution in [0.25, 0.3) is 11.0 Å². The fraction of sp³-hybridized carbons (Fsp3) is 0.357. The monoisotopic (exact) mass is 321 g/mol. The van der Waals surface area contributed by atoms with Crippen LogP contribution in [0, 0.1) is 0 Å². The van der Waals surface area contributed by atoms with Crippen LogP contribution in [0.5, 0.6) is 0 Å². The van der Waals surface area contributed by atoms with Crippen molar-refractivity contribution in [3.63, 3.8) is 0 Å². The summed E-state index contributed by atoms with van der Waals surface area (Å²) in [7, 11) is 0. The Bertz CT molecular complexity index is 573. The van der Waals surface area contributed by atoms with Gasteiger partial charge in [0.2, 0.25) is 0 Å².